The van der Waals surface area contributed by atoms with E-state index in [2.05, 4.69) is 15.5 Å². The minimum absolute atomic E-state index is 0.0815. The summed E-state index contributed by atoms with van der Waals surface area (Å²) in [6, 6.07) is 10.6. The summed E-state index contributed by atoms with van der Waals surface area (Å²) >= 11 is 2.59. The number of hydrogen-bond acceptors (Lipinski definition) is 7. The second-order valence-corrected chi connectivity index (χ2v) is 8.37. The third kappa shape index (κ3) is 5.90. The molecule has 2 aromatic carbocycles. The topological polar surface area (TPSA) is 67.3 Å². The maximum absolute atomic E-state index is 13.9. The van der Waals surface area contributed by atoms with E-state index in [0.717, 1.165) is 0 Å². The molecule has 0 radical (unpaired) electrons. The molecule has 1 heterocycles. The zero-order valence-corrected chi connectivity index (χ0v) is 18.0. The number of nitrogens with one attached hydrogen (secondary N) is 1. The molecular weight excluding hydrogens is 430 g/mol. The molecule has 158 valence electrons. The summed E-state index contributed by atoms with van der Waals surface area (Å²) in [7, 11) is 1.41. The van der Waals surface area contributed by atoms with Crippen LogP contribution in [0.15, 0.2) is 46.8 Å². The van der Waals surface area contributed by atoms with Crippen LogP contribution in [0.2, 0.25) is 0 Å². The molecule has 0 bridgehead atoms. The van der Waals surface area contributed by atoms with Gasteiger partial charge in [0, 0.05) is 18.8 Å². The van der Waals surface area contributed by atoms with E-state index in [9.17, 15) is 13.6 Å². The molecule has 0 aliphatic carbocycles. The van der Waals surface area contributed by atoms with E-state index >= 15 is 0 Å². The van der Waals surface area contributed by atoms with Crippen LogP contribution < -0.4 is 10.1 Å². The van der Waals surface area contributed by atoms with Crippen molar-refractivity contribution in [2.45, 2.75) is 17.8 Å². The molecule has 0 saturated heterocycles. The van der Waals surface area contributed by atoms with Crippen LogP contribution in [0.4, 0.5) is 19.6 Å². The summed E-state index contributed by atoms with van der Waals surface area (Å²) in [5.41, 5.74) is 1.39. The predicted octanol–water partition coefficient (Wildman–Crippen LogP) is 4.71. The monoisotopic (exact) mass is 450 g/mol. The number of ether oxygens (including phenoxy) is 1. The normalized spacial score (nSPS) is 10.7. The molecule has 0 unspecified atom stereocenters. The molecule has 6 nitrogen and oxygen atoms in total. The number of methoxy groups -OCH3 is 1. The Balaban J connectivity index is 1.54. The Labute approximate surface area is 181 Å². The van der Waals surface area contributed by atoms with Crippen LogP contribution in [0, 0.1) is 11.6 Å². The average Bonchev–Trinajstić information content (AvgIpc) is 3.19. The zero-order valence-electron chi connectivity index (χ0n) is 16.4. The van der Waals surface area contributed by atoms with Crippen LogP contribution in [0.3, 0.4) is 0 Å². The molecule has 3 aromatic rings. The number of halogens is 2. The van der Waals surface area contributed by atoms with E-state index in [1.165, 1.54) is 48.4 Å². The summed E-state index contributed by atoms with van der Waals surface area (Å²) in [4.78, 5) is 14.2. The lowest BCUT2D eigenvalue weighted by molar-refractivity contribution is -0.128. The van der Waals surface area contributed by atoms with Gasteiger partial charge in [0.1, 0.15) is 5.82 Å². The van der Waals surface area contributed by atoms with Crippen LogP contribution in [-0.4, -0.2) is 40.4 Å². The molecule has 0 aliphatic heterocycles. The number of rotatable bonds is 9. The number of nitrogens with zero attached hydrogens (tertiary/aromatic N) is 3. The first kappa shape index (κ1) is 22.0. The summed E-state index contributed by atoms with van der Waals surface area (Å²) in [6.45, 7) is 2.68. The van der Waals surface area contributed by atoms with Crippen LogP contribution in [0.5, 0.6) is 5.75 Å². The van der Waals surface area contributed by atoms with Gasteiger partial charge in [-0.2, -0.15) is 0 Å². The van der Waals surface area contributed by atoms with E-state index < -0.39 is 5.82 Å². The molecule has 30 heavy (non-hydrogen) atoms. The summed E-state index contributed by atoms with van der Waals surface area (Å²) in [6.07, 6.45) is 0. The fourth-order valence-electron chi connectivity index (χ4n) is 2.60. The minimum Gasteiger partial charge on any atom is -0.494 e. The van der Waals surface area contributed by atoms with Crippen molar-refractivity contribution < 1.29 is 18.3 Å². The maximum Gasteiger partial charge on any atom is 0.233 e. The number of anilines is 2. The van der Waals surface area contributed by atoms with Crippen molar-refractivity contribution in [1.82, 2.24) is 15.1 Å². The van der Waals surface area contributed by atoms with Gasteiger partial charge >= 0.3 is 0 Å². The highest BCUT2D eigenvalue weighted by Gasteiger charge is 2.15. The van der Waals surface area contributed by atoms with Gasteiger partial charge in [-0.1, -0.05) is 29.2 Å². The van der Waals surface area contributed by atoms with Gasteiger partial charge < -0.3 is 15.0 Å². The highest BCUT2D eigenvalue weighted by Crippen LogP contribution is 2.28. The number of amides is 1. The average molecular weight is 451 g/mol. The van der Waals surface area contributed by atoms with Crippen molar-refractivity contribution in [2.24, 2.45) is 0 Å². The van der Waals surface area contributed by atoms with E-state index in [-0.39, 0.29) is 23.2 Å². The highest BCUT2D eigenvalue weighted by atomic mass is 32.2. The molecule has 0 saturated carbocycles. The minimum atomic E-state index is -0.456. The first-order valence-electron chi connectivity index (χ1n) is 9.07. The van der Waals surface area contributed by atoms with E-state index in [1.807, 2.05) is 6.92 Å². The Morgan fingerprint density at radius 2 is 1.97 bits per heavy atom. The first-order valence-corrected chi connectivity index (χ1v) is 10.9. The summed E-state index contributed by atoms with van der Waals surface area (Å²) < 4.78 is 32.4. The lowest BCUT2D eigenvalue weighted by atomic mass is 10.2. The number of carbonyl (C=O) groups excluding carboxylic acids is 1. The fourth-order valence-corrected chi connectivity index (χ4v) is 4.27. The standard InChI is InChI=1S/C20H20F2N4O2S2/c1-3-26(11-13-4-9-17(28-2)16(22)10-13)18(27)12-29-20-25-24-19(30-20)23-15-7-5-14(21)6-8-15/h4-10H,3,11-12H2,1-2H3,(H,23,24). The van der Waals surface area contributed by atoms with Crippen LogP contribution in [0.1, 0.15) is 12.5 Å². The number of benzene rings is 2. The number of carbonyl (C=O) groups is 1. The van der Waals surface area contributed by atoms with Crippen LogP contribution >= 0.6 is 23.1 Å². The van der Waals surface area contributed by atoms with Gasteiger partial charge in [0.05, 0.1) is 12.9 Å². The molecule has 1 amide bonds. The summed E-state index contributed by atoms with van der Waals surface area (Å²) in [5, 5.41) is 11.7. The first-order chi connectivity index (χ1) is 14.5. The lowest BCUT2D eigenvalue weighted by Gasteiger charge is -2.21. The van der Waals surface area contributed by atoms with Gasteiger partial charge in [-0.3, -0.25) is 4.79 Å². The molecule has 0 spiro atoms. The lowest BCUT2D eigenvalue weighted by Crippen LogP contribution is -2.31. The second-order valence-electron chi connectivity index (χ2n) is 6.17. The Bertz CT molecular complexity index is 999. The molecule has 0 atom stereocenters. The summed E-state index contributed by atoms with van der Waals surface area (Å²) in [5.74, 6) is -0.488. The van der Waals surface area contributed by atoms with Gasteiger partial charge in [-0.15, -0.1) is 10.2 Å². The molecule has 1 N–H and O–H groups in total. The van der Waals surface area contributed by atoms with Gasteiger partial charge in [0.2, 0.25) is 11.0 Å². The van der Waals surface area contributed by atoms with E-state index in [0.29, 0.717) is 33.8 Å². The van der Waals surface area contributed by atoms with E-state index in [1.54, 1.807) is 29.2 Å². The van der Waals surface area contributed by atoms with Crippen LogP contribution in [0.25, 0.3) is 0 Å². The number of thioether (sulfide) groups is 1. The second kappa shape index (κ2) is 10.4. The van der Waals surface area contributed by atoms with Crippen molar-refractivity contribution >= 4 is 39.8 Å². The fraction of sp³-hybridized carbons (Fsp3) is 0.250. The van der Waals surface area contributed by atoms with Crippen molar-refractivity contribution in [1.29, 1.82) is 0 Å². The van der Waals surface area contributed by atoms with Gasteiger partial charge in [-0.25, -0.2) is 8.78 Å². The highest BCUT2D eigenvalue weighted by molar-refractivity contribution is 8.01. The van der Waals surface area contributed by atoms with E-state index in [4.69, 9.17) is 4.74 Å². The molecule has 10 heteroatoms. The largest absolute Gasteiger partial charge is 0.494 e. The Hall–Kier alpha value is -2.72. The SMILES string of the molecule is CCN(Cc1ccc(OC)c(F)c1)C(=O)CSc1nnc(Nc2ccc(F)cc2)s1. The molecule has 0 aliphatic rings. The zero-order chi connectivity index (χ0) is 21.5. The Kier molecular flexibility index (Phi) is 7.58. The molecule has 1 aromatic heterocycles. The molecule has 3 rings (SSSR count). The van der Waals surface area contributed by atoms with Crippen LogP contribution in [-0.2, 0) is 11.3 Å². The van der Waals surface area contributed by atoms with Gasteiger partial charge in [0.25, 0.3) is 0 Å². The van der Waals surface area contributed by atoms with Crippen molar-refractivity contribution in [2.75, 3.05) is 24.7 Å². The smallest absolute Gasteiger partial charge is 0.233 e. The quantitative estimate of drug-likeness (QED) is 0.476. The Morgan fingerprint density at radius 3 is 2.63 bits per heavy atom. The van der Waals surface area contributed by atoms with Crippen molar-refractivity contribution in [3.05, 3.63) is 59.7 Å². The third-order valence-electron chi connectivity index (χ3n) is 4.15. The third-order valence-corrected chi connectivity index (χ3v) is 6.10. The van der Waals surface area contributed by atoms with Crippen molar-refractivity contribution in [3.8, 4) is 5.75 Å². The van der Waals surface area contributed by atoms with Crippen molar-refractivity contribution in [3.63, 3.8) is 0 Å². The molecule has 0 fully saturated rings. The predicted molar refractivity (Wildman–Crippen MR) is 114 cm³/mol. The maximum atomic E-state index is 13.9. The number of hydrogen-bond donors (Lipinski definition) is 1. The van der Waals surface area contributed by atoms with Gasteiger partial charge in [0.15, 0.2) is 15.9 Å². The van der Waals surface area contributed by atoms with Gasteiger partial charge in [-0.05, 0) is 48.9 Å². The Morgan fingerprint density at radius 1 is 1.20 bits per heavy atom. The number of aromatic nitrogens is 2. The molecular formula is C20H20F2N4O2S2.